The smallest absolute Gasteiger partial charge is 0.114 e. The van der Waals surface area contributed by atoms with E-state index in [0.29, 0.717) is 11.8 Å². The van der Waals surface area contributed by atoms with Crippen molar-refractivity contribution in [1.82, 2.24) is 4.90 Å². The van der Waals surface area contributed by atoms with E-state index >= 15 is 0 Å². The van der Waals surface area contributed by atoms with E-state index in [-0.39, 0.29) is 5.54 Å². The normalized spacial score (nSPS) is 39.4. The quantitative estimate of drug-likeness (QED) is 0.544. The Morgan fingerprint density at radius 2 is 1.75 bits per heavy atom. The first-order valence-electron chi connectivity index (χ1n) is 4.88. The zero-order valence-electron chi connectivity index (χ0n) is 7.88. The number of fused-ring (bicyclic) bond motifs is 1. The molecule has 2 rings (SSSR count). The summed E-state index contributed by atoms with van der Waals surface area (Å²) in [6, 6.07) is 2.56. The first-order valence-corrected chi connectivity index (χ1v) is 4.88. The summed E-state index contributed by atoms with van der Waals surface area (Å²) in [5.74, 6) is 1.14. The molecule has 0 aromatic heterocycles. The van der Waals surface area contributed by atoms with Gasteiger partial charge in [-0.3, -0.25) is 4.90 Å². The molecule has 2 fully saturated rings. The van der Waals surface area contributed by atoms with E-state index in [2.05, 4.69) is 24.8 Å². The van der Waals surface area contributed by atoms with Crippen LogP contribution in [0.3, 0.4) is 0 Å². The molecule has 2 heteroatoms. The minimum Gasteiger partial charge on any atom is -0.285 e. The molecule has 0 N–H and O–H groups in total. The van der Waals surface area contributed by atoms with Gasteiger partial charge in [0.25, 0.3) is 0 Å². The van der Waals surface area contributed by atoms with Crippen molar-refractivity contribution in [2.24, 2.45) is 11.8 Å². The van der Waals surface area contributed by atoms with Crippen molar-refractivity contribution in [1.29, 1.82) is 5.26 Å². The fourth-order valence-electron chi connectivity index (χ4n) is 3.02. The third-order valence-electron chi connectivity index (χ3n) is 3.87. The summed E-state index contributed by atoms with van der Waals surface area (Å²) in [4.78, 5) is 2.39. The van der Waals surface area contributed by atoms with Gasteiger partial charge in [0, 0.05) is 13.1 Å². The summed E-state index contributed by atoms with van der Waals surface area (Å²) < 4.78 is 0. The van der Waals surface area contributed by atoms with E-state index in [1.165, 1.54) is 12.8 Å². The highest BCUT2D eigenvalue weighted by Crippen LogP contribution is 2.45. The van der Waals surface area contributed by atoms with Gasteiger partial charge in [-0.15, -0.1) is 0 Å². The fraction of sp³-hybridized carbons (Fsp3) is 0.900. The molecule has 0 aromatic carbocycles. The second-order valence-corrected chi connectivity index (χ2v) is 4.30. The number of nitriles is 1. The number of nitrogens with zero attached hydrogens (tertiary/aromatic N) is 2. The SMILES string of the molecule is C[C@@H]1CCN2CC[C@@H](C)C12C#N. The molecule has 2 saturated heterocycles. The first kappa shape index (κ1) is 8.07. The zero-order chi connectivity index (χ0) is 8.77. The molecule has 0 unspecified atom stereocenters. The Balaban J connectivity index is 2.37. The molecule has 0 spiro atoms. The topological polar surface area (TPSA) is 27.0 Å². The minimum absolute atomic E-state index is 0.0972. The first-order chi connectivity index (χ1) is 5.71. The lowest BCUT2D eigenvalue weighted by Crippen LogP contribution is -2.44. The van der Waals surface area contributed by atoms with Gasteiger partial charge in [0.15, 0.2) is 0 Å². The van der Waals surface area contributed by atoms with E-state index in [1.54, 1.807) is 0 Å². The molecule has 0 aliphatic carbocycles. The number of hydrogen-bond donors (Lipinski definition) is 0. The standard InChI is InChI=1S/C10H16N2/c1-8-3-5-12-6-4-9(2)10(8,12)7-11/h8-9H,3-6H2,1-2H3/t8-,9-/m1/s1. The van der Waals surface area contributed by atoms with Gasteiger partial charge in [-0.2, -0.15) is 5.26 Å². The molecule has 2 atom stereocenters. The van der Waals surface area contributed by atoms with Crippen LogP contribution in [0.5, 0.6) is 0 Å². The number of rotatable bonds is 0. The molecule has 0 amide bonds. The van der Waals surface area contributed by atoms with Crippen LogP contribution in [0.4, 0.5) is 0 Å². The van der Waals surface area contributed by atoms with Gasteiger partial charge in [-0.25, -0.2) is 0 Å². The van der Waals surface area contributed by atoms with Gasteiger partial charge >= 0.3 is 0 Å². The van der Waals surface area contributed by atoms with Crippen molar-refractivity contribution >= 4 is 0 Å². The third kappa shape index (κ3) is 0.728. The molecule has 66 valence electrons. The molecule has 0 radical (unpaired) electrons. The summed E-state index contributed by atoms with van der Waals surface area (Å²) in [5.41, 5.74) is -0.0972. The van der Waals surface area contributed by atoms with Crippen LogP contribution in [-0.2, 0) is 0 Å². The van der Waals surface area contributed by atoms with Gasteiger partial charge < -0.3 is 0 Å². The third-order valence-corrected chi connectivity index (χ3v) is 3.87. The Morgan fingerprint density at radius 3 is 2.08 bits per heavy atom. The summed E-state index contributed by atoms with van der Waals surface area (Å²) >= 11 is 0. The lowest BCUT2D eigenvalue weighted by atomic mass is 9.79. The monoisotopic (exact) mass is 164 g/mol. The molecule has 0 bridgehead atoms. The minimum atomic E-state index is -0.0972. The molecular weight excluding hydrogens is 148 g/mol. The average Bonchev–Trinajstić information content (AvgIpc) is 2.54. The second-order valence-electron chi connectivity index (χ2n) is 4.30. The van der Waals surface area contributed by atoms with E-state index in [0.717, 1.165) is 13.1 Å². The Hall–Kier alpha value is -0.550. The van der Waals surface area contributed by atoms with Crippen molar-refractivity contribution in [2.45, 2.75) is 32.2 Å². The maximum Gasteiger partial charge on any atom is 0.114 e. The largest absolute Gasteiger partial charge is 0.285 e. The van der Waals surface area contributed by atoms with Crippen LogP contribution in [0, 0.1) is 23.2 Å². The highest BCUT2D eigenvalue weighted by molar-refractivity contribution is 5.19. The predicted octanol–water partition coefficient (Wildman–Crippen LogP) is 1.63. The van der Waals surface area contributed by atoms with Crippen molar-refractivity contribution in [3.8, 4) is 6.07 Å². The fourth-order valence-corrected chi connectivity index (χ4v) is 3.02. The molecule has 2 aliphatic rings. The van der Waals surface area contributed by atoms with Gasteiger partial charge in [-0.1, -0.05) is 13.8 Å². The Bertz CT molecular complexity index is 214. The molecule has 0 aromatic rings. The van der Waals surface area contributed by atoms with Crippen LogP contribution in [0.15, 0.2) is 0 Å². The maximum atomic E-state index is 9.28. The summed E-state index contributed by atoms with van der Waals surface area (Å²) in [6.07, 6.45) is 2.41. The highest BCUT2D eigenvalue weighted by Gasteiger charge is 2.54. The second kappa shape index (κ2) is 2.47. The van der Waals surface area contributed by atoms with Crippen LogP contribution in [-0.4, -0.2) is 23.5 Å². The van der Waals surface area contributed by atoms with Crippen molar-refractivity contribution in [2.75, 3.05) is 13.1 Å². The number of hydrogen-bond acceptors (Lipinski definition) is 2. The molecule has 0 saturated carbocycles. The summed E-state index contributed by atoms with van der Waals surface area (Å²) in [7, 11) is 0. The van der Waals surface area contributed by atoms with Gasteiger partial charge in [-0.05, 0) is 24.7 Å². The van der Waals surface area contributed by atoms with Gasteiger partial charge in [0.1, 0.15) is 5.54 Å². The molecule has 2 nitrogen and oxygen atoms in total. The molecule has 2 heterocycles. The molecule has 2 aliphatic heterocycles. The highest BCUT2D eigenvalue weighted by atomic mass is 15.3. The van der Waals surface area contributed by atoms with Crippen LogP contribution >= 0.6 is 0 Å². The lowest BCUT2D eigenvalue weighted by molar-refractivity contribution is 0.184. The van der Waals surface area contributed by atoms with Crippen molar-refractivity contribution < 1.29 is 0 Å². The van der Waals surface area contributed by atoms with E-state index in [4.69, 9.17) is 0 Å². The Kier molecular flexibility index (Phi) is 1.66. The van der Waals surface area contributed by atoms with Crippen LogP contribution in [0.25, 0.3) is 0 Å². The van der Waals surface area contributed by atoms with Gasteiger partial charge in [0.2, 0.25) is 0 Å². The van der Waals surface area contributed by atoms with Gasteiger partial charge in [0.05, 0.1) is 6.07 Å². The Labute approximate surface area is 74.2 Å². The lowest BCUT2D eigenvalue weighted by Gasteiger charge is -2.32. The summed E-state index contributed by atoms with van der Waals surface area (Å²) in [6.45, 7) is 6.73. The van der Waals surface area contributed by atoms with E-state index < -0.39 is 0 Å². The zero-order valence-corrected chi connectivity index (χ0v) is 7.88. The Morgan fingerprint density at radius 1 is 1.25 bits per heavy atom. The maximum absolute atomic E-state index is 9.28. The van der Waals surface area contributed by atoms with Crippen LogP contribution in [0.2, 0.25) is 0 Å². The summed E-state index contributed by atoms with van der Waals surface area (Å²) in [5, 5.41) is 9.28. The van der Waals surface area contributed by atoms with E-state index in [9.17, 15) is 5.26 Å². The van der Waals surface area contributed by atoms with Crippen molar-refractivity contribution in [3.63, 3.8) is 0 Å². The van der Waals surface area contributed by atoms with Crippen LogP contribution < -0.4 is 0 Å². The van der Waals surface area contributed by atoms with Crippen LogP contribution in [0.1, 0.15) is 26.7 Å². The molecule has 12 heavy (non-hydrogen) atoms. The molecular formula is C10H16N2. The van der Waals surface area contributed by atoms with Crippen molar-refractivity contribution in [3.05, 3.63) is 0 Å². The predicted molar refractivity (Wildman–Crippen MR) is 47.5 cm³/mol. The average molecular weight is 164 g/mol. The van der Waals surface area contributed by atoms with E-state index in [1.807, 2.05) is 0 Å².